The number of rotatable bonds is 4. The molecular weight excluding hydrogens is 432 g/mol. The van der Waals surface area contributed by atoms with Crippen LogP contribution in [-0.2, 0) is 6.54 Å². The highest BCUT2D eigenvalue weighted by Gasteiger charge is 2.08. The molecule has 0 saturated carbocycles. The van der Waals surface area contributed by atoms with Crippen molar-refractivity contribution in [3.8, 4) is 28.8 Å². The van der Waals surface area contributed by atoms with Gasteiger partial charge in [0.25, 0.3) is 5.56 Å². The summed E-state index contributed by atoms with van der Waals surface area (Å²) in [7, 11) is 0. The molecule has 7 nitrogen and oxygen atoms in total. The molecule has 0 amide bonds. The molecular formula is C21H13BrN6O. The van der Waals surface area contributed by atoms with Gasteiger partial charge in [-0.2, -0.15) is 10.4 Å². The molecule has 0 aliphatic rings. The van der Waals surface area contributed by atoms with Crippen molar-refractivity contribution < 1.29 is 0 Å². The first-order valence-corrected chi connectivity index (χ1v) is 9.44. The molecule has 140 valence electrons. The molecule has 0 atom stereocenters. The van der Waals surface area contributed by atoms with Gasteiger partial charge in [0.15, 0.2) is 5.82 Å². The lowest BCUT2D eigenvalue weighted by Gasteiger charge is -2.08. The number of halogens is 1. The average molecular weight is 445 g/mol. The van der Waals surface area contributed by atoms with Gasteiger partial charge in [0.2, 0.25) is 0 Å². The molecule has 1 aromatic carbocycles. The van der Waals surface area contributed by atoms with Crippen LogP contribution >= 0.6 is 15.9 Å². The van der Waals surface area contributed by atoms with Gasteiger partial charge in [0.1, 0.15) is 5.69 Å². The van der Waals surface area contributed by atoms with Crippen molar-refractivity contribution in [2.75, 3.05) is 0 Å². The quantitative estimate of drug-likeness (QED) is 0.478. The molecule has 8 heteroatoms. The van der Waals surface area contributed by atoms with E-state index in [1.807, 2.05) is 24.3 Å². The fraction of sp³-hybridized carbons (Fsp3) is 0.0476. The van der Waals surface area contributed by atoms with Crippen LogP contribution in [0.5, 0.6) is 0 Å². The Morgan fingerprint density at radius 3 is 2.59 bits per heavy atom. The average Bonchev–Trinajstić information content (AvgIpc) is 2.76. The molecule has 0 spiro atoms. The number of hydrogen-bond acceptors (Lipinski definition) is 6. The Balaban J connectivity index is 1.66. The summed E-state index contributed by atoms with van der Waals surface area (Å²) in [5.74, 6) is 0.498. The van der Waals surface area contributed by atoms with E-state index in [0.717, 1.165) is 10.0 Å². The first-order valence-electron chi connectivity index (χ1n) is 8.65. The highest BCUT2D eigenvalue weighted by molar-refractivity contribution is 9.10. The number of benzene rings is 1. The van der Waals surface area contributed by atoms with Crippen LogP contribution < -0.4 is 5.56 Å². The zero-order valence-corrected chi connectivity index (χ0v) is 16.6. The SMILES string of the molecule is N#Cc1cccc(-c2ccc(=O)n(Cc3cccc(-c4ncc(Br)cn4)n3)n2)c1. The van der Waals surface area contributed by atoms with Crippen LogP contribution in [0.1, 0.15) is 11.3 Å². The topological polar surface area (TPSA) is 97.3 Å². The van der Waals surface area contributed by atoms with Crippen LogP contribution in [0.15, 0.2) is 76.3 Å². The van der Waals surface area contributed by atoms with Crippen LogP contribution in [-0.4, -0.2) is 24.7 Å². The Morgan fingerprint density at radius 1 is 1.00 bits per heavy atom. The first kappa shape index (κ1) is 18.7. The van der Waals surface area contributed by atoms with Crippen LogP contribution in [0.4, 0.5) is 0 Å². The normalized spacial score (nSPS) is 10.5. The molecule has 0 saturated heterocycles. The predicted octanol–water partition coefficient (Wildman–Crippen LogP) is 3.44. The molecule has 4 aromatic rings. The summed E-state index contributed by atoms with van der Waals surface area (Å²) < 4.78 is 2.13. The van der Waals surface area contributed by atoms with E-state index in [1.54, 1.807) is 36.7 Å². The third-order valence-corrected chi connectivity index (χ3v) is 4.53. The highest BCUT2D eigenvalue weighted by atomic mass is 79.9. The fourth-order valence-electron chi connectivity index (χ4n) is 2.75. The number of pyridine rings is 1. The lowest BCUT2D eigenvalue weighted by Crippen LogP contribution is -2.23. The molecule has 0 unspecified atom stereocenters. The Bertz CT molecular complexity index is 1280. The Kier molecular flexibility index (Phi) is 5.22. The van der Waals surface area contributed by atoms with Gasteiger partial charge in [0, 0.05) is 24.0 Å². The van der Waals surface area contributed by atoms with E-state index in [4.69, 9.17) is 5.26 Å². The van der Waals surface area contributed by atoms with Crippen LogP contribution in [0.3, 0.4) is 0 Å². The number of hydrogen-bond donors (Lipinski definition) is 0. The molecule has 0 aliphatic carbocycles. The van der Waals surface area contributed by atoms with Crippen molar-refractivity contribution >= 4 is 15.9 Å². The van der Waals surface area contributed by atoms with E-state index < -0.39 is 0 Å². The van der Waals surface area contributed by atoms with Gasteiger partial charge in [-0.1, -0.05) is 18.2 Å². The lowest BCUT2D eigenvalue weighted by molar-refractivity contribution is 0.632. The standard InChI is InChI=1S/C21H13BrN6O/c22-16-11-24-21(25-12-16)19-6-2-5-17(26-19)13-28-20(29)8-7-18(27-28)15-4-1-3-14(9-15)10-23/h1-9,11-12H,13H2. The minimum absolute atomic E-state index is 0.203. The summed E-state index contributed by atoms with van der Waals surface area (Å²) in [6.45, 7) is 0.203. The second kappa shape index (κ2) is 8.12. The molecule has 0 N–H and O–H groups in total. The third kappa shape index (κ3) is 4.25. The number of aromatic nitrogens is 5. The van der Waals surface area contributed by atoms with Gasteiger partial charge in [-0.3, -0.25) is 4.79 Å². The Labute approximate surface area is 174 Å². The van der Waals surface area contributed by atoms with Crippen molar-refractivity contribution in [2.45, 2.75) is 6.54 Å². The first-order chi connectivity index (χ1) is 14.1. The second-order valence-corrected chi connectivity index (χ2v) is 7.06. The molecule has 0 fully saturated rings. The molecule has 0 radical (unpaired) electrons. The Hall–Kier alpha value is -3.70. The molecule has 0 bridgehead atoms. The van der Waals surface area contributed by atoms with Crippen LogP contribution in [0, 0.1) is 11.3 Å². The van der Waals surface area contributed by atoms with Gasteiger partial charge in [-0.05, 0) is 46.3 Å². The zero-order valence-electron chi connectivity index (χ0n) is 15.0. The molecule has 3 heterocycles. The second-order valence-electron chi connectivity index (χ2n) is 6.15. The van der Waals surface area contributed by atoms with Gasteiger partial charge in [-0.15, -0.1) is 0 Å². The fourth-order valence-corrected chi connectivity index (χ4v) is 2.96. The van der Waals surface area contributed by atoms with Crippen LogP contribution in [0.25, 0.3) is 22.8 Å². The summed E-state index contributed by atoms with van der Waals surface area (Å²) in [4.78, 5) is 25.4. The van der Waals surface area contributed by atoms with Gasteiger partial charge in [-0.25, -0.2) is 19.6 Å². The third-order valence-electron chi connectivity index (χ3n) is 4.12. The lowest BCUT2D eigenvalue weighted by atomic mass is 10.1. The number of nitrogens with zero attached hydrogens (tertiary/aromatic N) is 6. The smallest absolute Gasteiger partial charge is 0.267 e. The van der Waals surface area contributed by atoms with E-state index in [-0.39, 0.29) is 12.1 Å². The van der Waals surface area contributed by atoms with E-state index in [0.29, 0.717) is 28.5 Å². The molecule has 3 aromatic heterocycles. The summed E-state index contributed by atoms with van der Waals surface area (Å²) in [6.07, 6.45) is 3.31. The molecule has 0 aliphatic heterocycles. The summed E-state index contributed by atoms with van der Waals surface area (Å²) >= 11 is 3.31. The monoisotopic (exact) mass is 444 g/mol. The van der Waals surface area contributed by atoms with Gasteiger partial charge >= 0.3 is 0 Å². The number of nitriles is 1. The van der Waals surface area contributed by atoms with Crippen molar-refractivity contribution in [1.82, 2.24) is 24.7 Å². The van der Waals surface area contributed by atoms with E-state index in [2.05, 4.69) is 42.0 Å². The minimum Gasteiger partial charge on any atom is -0.268 e. The largest absolute Gasteiger partial charge is 0.268 e. The van der Waals surface area contributed by atoms with Crippen molar-refractivity contribution in [2.24, 2.45) is 0 Å². The highest BCUT2D eigenvalue weighted by Crippen LogP contribution is 2.17. The molecule has 4 rings (SSSR count). The van der Waals surface area contributed by atoms with Crippen LogP contribution in [0.2, 0.25) is 0 Å². The summed E-state index contributed by atoms with van der Waals surface area (Å²) in [6, 6.07) is 17.8. The van der Waals surface area contributed by atoms with E-state index in [9.17, 15) is 4.79 Å². The van der Waals surface area contributed by atoms with E-state index in [1.165, 1.54) is 10.7 Å². The summed E-state index contributed by atoms with van der Waals surface area (Å²) in [5.41, 5.74) is 2.94. The van der Waals surface area contributed by atoms with Gasteiger partial charge in [0.05, 0.1) is 34.0 Å². The Morgan fingerprint density at radius 2 is 1.79 bits per heavy atom. The maximum Gasteiger partial charge on any atom is 0.267 e. The predicted molar refractivity (Wildman–Crippen MR) is 111 cm³/mol. The van der Waals surface area contributed by atoms with E-state index >= 15 is 0 Å². The zero-order chi connectivity index (χ0) is 20.2. The minimum atomic E-state index is -0.239. The van der Waals surface area contributed by atoms with Crippen molar-refractivity contribution in [3.63, 3.8) is 0 Å². The van der Waals surface area contributed by atoms with Crippen molar-refractivity contribution in [3.05, 3.63) is 93.1 Å². The van der Waals surface area contributed by atoms with Crippen molar-refractivity contribution in [1.29, 1.82) is 5.26 Å². The maximum atomic E-state index is 12.3. The molecule has 29 heavy (non-hydrogen) atoms. The summed E-state index contributed by atoms with van der Waals surface area (Å²) in [5, 5.41) is 13.5. The van der Waals surface area contributed by atoms with Gasteiger partial charge < -0.3 is 0 Å². The maximum absolute atomic E-state index is 12.3.